The standard InChI is InChI=1S/C27H39N5O7S/c1-25(2,3)38-23(36)29-18-15-40-19-11-10-16(14-17(19)28-21(18)34)20(33)31-32-22(35)27(12-8-7-9-13-27)30-24(37)39-26(4,5)6/h10-11,14,18H,7-9,12-13,15H2,1-6H3,(H,28,34)(H,29,36)(H,30,37)(H,31,33)(H,32,35)/t18-/m0/s1. The van der Waals surface area contributed by atoms with Crippen LogP contribution in [0.4, 0.5) is 15.3 Å². The summed E-state index contributed by atoms with van der Waals surface area (Å²) in [5.74, 6) is -1.32. The summed E-state index contributed by atoms with van der Waals surface area (Å²) >= 11 is 1.34. The molecule has 1 aliphatic heterocycles. The summed E-state index contributed by atoms with van der Waals surface area (Å²) in [7, 11) is 0. The van der Waals surface area contributed by atoms with E-state index in [9.17, 15) is 24.0 Å². The van der Waals surface area contributed by atoms with Gasteiger partial charge in [0.1, 0.15) is 22.8 Å². The molecule has 220 valence electrons. The molecular weight excluding hydrogens is 538 g/mol. The normalized spacial score (nSPS) is 18.6. The topological polar surface area (TPSA) is 164 Å². The Bertz CT molecular complexity index is 1150. The molecule has 1 heterocycles. The molecule has 1 saturated carbocycles. The predicted molar refractivity (Wildman–Crippen MR) is 150 cm³/mol. The van der Waals surface area contributed by atoms with Gasteiger partial charge in [-0.05, 0) is 72.6 Å². The molecule has 0 bridgehead atoms. The summed E-state index contributed by atoms with van der Waals surface area (Å²) in [6.07, 6.45) is 1.83. The molecule has 1 aromatic rings. The molecular formula is C27H39N5O7S. The van der Waals surface area contributed by atoms with E-state index in [-0.39, 0.29) is 11.3 Å². The van der Waals surface area contributed by atoms with Crippen molar-refractivity contribution in [3.63, 3.8) is 0 Å². The molecule has 13 heteroatoms. The van der Waals surface area contributed by atoms with E-state index in [1.165, 1.54) is 17.8 Å². The highest BCUT2D eigenvalue weighted by molar-refractivity contribution is 7.99. The molecule has 0 aromatic heterocycles. The second kappa shape index (κ2) is 12.4. The van der Waals surface area contributed by atoms with E-state index in [2.05, 4.69) is 26.8 Å². The number of nitrogens with one attached hydrogen (secondary N) is 5. The van der Waals surface area contributed by atoms with Crippen molar-refractivity contribution >= 4 is 47.4 Å². The fourth-order valence-corrected chi connectivity index (χ4v) is 5.30. The third-order valence-electron chi connectivity index (χ3n) is 6.08. The van der Waals surface area contributed by atoms with Crippen molar-refractivity contribution in [1.82, 2.24) is 21.5 Å². The fourth-order valence-electron chi connectivity index (χ4n) is 4.29. The van der Waals surface area contributed by atoms with Crippen molar-refractivity contribution in [2.45, 2.75) is 101 Å². The lowest BCUT2D eigenvalue weighted by Crippen LogP contribution is -2.62. The van der Waals surface area contributed by atoms with E-state index in [4.69, 9.17) is 9.47 Å². The van der Waals surface area contributed by atoms with E-state index in [0.29, 0.717) is 23.4 Å². The number of alkyl carbamates (subject to hydrolysis) is 2. The van der Waals surface area contributed by atoms with Crippen LogP contribution in [0.3, 0.4) is 0 Å². The molecule has 1 fully saturated rings. The van der Waals surface area contributed by atoms with Gasteiger partial charge in [0, 0.05) is 16.2 Å². The van der Waals surface area contributed by atoms with Crippen molar-refractivity contribution in [2.24, 2.45) is 0 Å². The van der Waals surface area contributed by atoms with Gasteiger partial charge in [-0.1, -0.05) is 19.3 Å². The van der Waals surface area contributed by atoms with Crippen LogP contribution >= 0.6 is 11.8 Å². The number of carbonyl (C=O) groups is 5. The lowest BCUT2D eigenvalue weighted by Gasteiger charge is -2.36. The molecule has 0 saturated heterocycles. The number of benzene rings is 1. The smallest absolute Gasteiger partial charge is 0.408 e. The van der Waals surface area contributed by atoms with Crippen LogP contribution in [0.5, 0.6) is 0 Å². The zero-order valence-electron chi connectivity index (χ0n) is 23.8. The van der Waals surface area contributed by atoms with Crippen LogP contribution in [-0.4, -0.2) is 58.4 Å². The summed E-state index contributed by atoms with van der Waals surface area (Å²) < 4.78 is 10.6. The van der Waals surface area contributed by atoms with Gasteiger partial charge < -0.3 is 25.4 Å². The lowest BCUT2D eigenvalue weighted by molar-refractivity contribution is -0.130. The molecule has 0 unspecified atom stereocenters. The van der Waals surface area contributed by atoms with Crippen molar-refractivity contribution in [1.29, 1.82) is 0 Å². The van der Waals surface area contributed by atoms with Gasteiger partial charge in [-0.25, -0.2) is 9.59 Å². The second-order valence-corrected chi connectivity index (χ2v) is 12.9. The fraction of sp³-hybridized carbons (Fsp3) is 0.593. The van der Waals surface area contributed by atoms with Crippen molar-refractivity contribution in [3.8, 4) is 0 Å². The maximum Gasteiger partial charge on any atom is 0.408 e. The maximum absolute atomic E-state index is 13.2. The third-order valence-corrected chi connectivity index (χ3v) is 7.25. The molecule has 0 spiro atoms. The first kappa shape index (κ1) is 31.1. The Morgan fingerprint density at radius 1 is 0.925 bits per heavy atom. The SMILES string of the molecule is CC(C)(C)OC(=O)N[C@H]1CSc2ccc(C(=O)NNC(=O)C3(NC(=O)OC(C)(C)C)CCCCC3)cc2NC1=O. The molecule has 2 aliphatic rings. The quantitative estimate of drug-likeness (QED) is 0.339. The van der Waals surface area contributed by atoms with Gasteiger partial charge in [0.25, 0.3) is 11.8 Å². The lowest BCUT2D eigenvalue weighted by atomic mass is 9.81. The second-order valence-electron chi connectivity index (χ2n) is 11.9. The Balaban J connectivity index is 1.63. The number of carbonyl (C=O) groups excluding carboxylic acids is 5. The third kappa shape index (κ3) is 8.77. The number of anilines is 1. The molecule has 5 N–H and O–H groups in total. The highest BCUT2D eigenvalue weighted by Gasteiger charge is 2.42. The van der Waals surface area contributed by atoms with Crippen LogP contribution < -0.4 is 26.8 Å². The van der Waals surface area contributed by atoms with E-state index < -0.39 is 52.7 Å². The van der Waals surface area contributed by atoms with Gasteiger partial charge in [-0.15, -0.1) is 11.8 Å². The van der Waals surface area contributed by atoms with Gasteiger partial charge in [0.05, 0.1) is 5.69 Å². The Hall–Kier alpha value is -3.48. The Labute approximate surface area is 238 Å². The minimum absolute atomic E-state index is 0.191. The van der Waals surface area contributed by atoms with E-state index >= 15 is 0 Å². The largest absolute Gasteiger partial charge is 0.444 e. The predicted octanol–water partition coefficient (Wildman–Crippen LogP) is 3.61. The van der Waals surface area contributed by atoms with Crippen LogP contribution in [0, 0.1) is 0 Å². The van der Waals surface area contributed by atoms with Gasteiger partial charge in [0.2, 0.25) is 5.91 Å². The number of hydrogen-bond donors (Lipinski definition) is 5. The van der Waals surface area contributed by atoms with Gasteiger partial charge >= 0.3 is 12.2 Å². The maximum atomic E-state index is 13.2. The summed E-state index contributed by atoms with van der Waals surface area (Å²) in [4.78, 5) is 64.2. The highest BCUT2D eigenvalue weighted by Crippen LogP contribution is 2.32. The summed E-state index contributed by atoms with van der Waals surface area (Å²) in [6.45, 7) is 10.4. The van der Waals surface area contributed by atoms with Gasteiger partial charge in [0.15, 0.2) is 0 Å². The first-order valence-corrected chi connectivity index (χ1v) is 14.2. The van der Waals surface area contributed by atoms with Crippen molar-refractivity contribution in [2.75, 3.05) is 11.1 Å². The number of hydrazine groups is 1. The van der Waals surface area contributed by atoms with E-state index in [1.807, 2.05) is 0 Å². The Morgan fingerprint density at radius 2 is 1.55 bits per heavy atom. The minimum atomic E-state index is -1.21. The summed E-state index contributed by atoms with van der Waals surface area (Å²) in [5, 5.41) is 8.03. The zero-order valence-corrected chi connectivity index (χ0v) is 24.6. The summed E-state index contributed by atoms with van der Waals surface area (Å²) in [5.41, 5.74) is 2.81. The zero-order chi connectivity index (χ0) is 29.7. The molecule has 3 rings (SSSR count). The molecule has 1 atom stereocenters. The molecule has 0 radical (unpaired) electrons. The Kier molecular flexibility index (Phi) is 9.60. The molecule has 1 aliphatic carbocycles. The van der Waals surface area contributed by atoms with Crippen LogP contribution in [0.1, 0.15) is 84.0 Å². The van der Waals surface area contributed by atoms with Crippen molar-refractivity contribution < 1.29 is 33.4 Å². The van der Waals surface area contributed by atoms with Crippen LogP contribution in [0.2, 0.25) is 0 Å². The first-order valence-electron chi connectivity index (χ1n) is 13.3. The van der Waals surface area contributed by atoms with Gasteiger partial charge in [-0.3, -0.25) is 25.2 Å². The number of thioether (sulfide) groups is 1. The van der Waals surface area contributed by atoms with Crippen LogP contribution in [0.15, 0.2) is 23.1 Å². The van der Waals surface area contributed by atoms with Crippen molar-refractivity contribution in [3.05, 3.63) is 23.8 Å². The summed E-state index contributed by atoms with van der Waals surface area (Å²) in [6, 6.07) is 3.90. The van der Waals surface area contributed by atoms with Crippen LogP contribution in [0.25, 0.3) is 0 Å². The average molecular weight is 578 g/mol. The average Bonchev–Trinajstić information content (AvgIpc) is 2.98. The Morgan fingerprint density at radius 3 is 2.17 bits per heavy atom. The molecule has 40 heavy (non-hydrogen) atoms. The number of fused-ring (bicyclic) bond motifs is 1. The van der Waals surface area contributed by atoms with Crippen LogP contribution in [-0.2, 0) is 19.1 Å². The number of amides is 5. The molecule has 12 nitrogen and oxygen atoms in total. The molecule has 1 aromatic carbocycles. The van der Waals surface area contributed by atoms with Gasteiger partial charge in [-0.2, -0.15) is 0 Å². The highest BCUT2D eigenvalue weighted by atomic mass is 32.2. The number of hydrogen-bond acceptors (Lipinski definition) is 8. The number of rotatable bonds is 4. The number of ether oxygens (including phenoxy) is 2. The van der Waals surface area contributed by atoms with E-state index in [1.54, 1.807) is 53.7 Å². The minimum Gasteiger partial charge on any atom is -0.444 e. The van der Waals surface area contributed by atoms with E-state index in [0.717, 1.165) is 19.3 Å². The first-order chi connectivity index (χ1) is 18.6. The monoisotopic (exact) mass is 577 g/mol. The molecule has 5 amide bonds.